The molecule has 3 aromatic rings. The van der Waals surface area contributed by atoms with E-state index >= 15 is 0 Å². The molecule has 0 bridgehead atoms. The second-order valence-corrected chi connectivity index (χ2v) is 4.87. The minimum atomic E-state index is 0.734. The van der Waals surface area contributed by atoms with Crippen molar-refractivity contribution >= 4 is 33.1 Å². The molecule has 0 aliphatic rings. The molecule has 5 heteroatoms. The number of hydrogen-bond acceptors (Lipinski definition) is 3. The molecule has 2 heterocycles. The molecule has 1 N–H and O–H groups in total. The molecule has 0 amide bonds. The lowest BCUT2D eigenvalue weighted by Gasteiger charge is -2.07. The number of nitrogens with zero attached hydrogens (tertiary/aromatic N) is 3. The number of benzene rings is 1. The SMILES string of the molecule is Cc1ccc(Nc2nc(Br)cn3ccnc23)cc1. The lowest BCUT2D eigenvalue weighted by Crippen LogP contribution is -1.98. The summed E-state index contributed by atoms with van der Waals surface area (Å²) >= 11 is 3.39. The third-order valence-electron chi connectivity index (χ3n) is 2.66. The van der Waals surface area contributed by atoms with Crippen LogP contribution in [0.2, 0.25) is 0 Å². The van der Waals surface area contributed by atoms with Gasteiger partial charge in [-0.3, -0.25) is 0 Å². The van der Waals surface area contributed by atoms with Gasteiger partial charge in [-0.1, -0.05) is 17.7 Å². The highest BCUT2D eigenvalue weighted by Gasteiger charge is 2.06. The number of halogens is 1. The van der Waals surface area contributed by atoms with Crippen LogP contribution in [0.3, 0.4) is 0 Å². The van der Waals surface area contributed by atoms with E-state index < -0.39 is 0 Å². The summed E-state index contributed by atoms with van der Waals surface area (Å²) in [7, 11) is 0. The maximum absolute atomic E-state index is 4.41. The first-order valence-corrected chi connectivity index (χ1v) is 6.34. The maximum atomic E-state index is 4.41. The minimum Gasteiger partial charge on any atom is -0.337 e. The first-order valence-electron chi connectivity index (χ1n) is 5.55. The van der Waals surface area contributed by atoms with Gasteiger partial charge in [0, 0.05) is 24.3 Å². The zero-order chi connectivity index (χ0) is 12.5. The van der Waals surface area contributed by atoms with Crippen LogP contribution in [0.4, 0.5) is 11.5 Å². The van der Waals surface area contributed by atoms with Crippen molar-refractivity contribution in [3.63, 3.8) is 0 Å². The third kappa shape index (κ3) is 2.09. The molecule has 0 spiro atoms. The van der Waals surface area contributed by atoms with E-state index in [2.05, 4.69) is 50.3 Å². The van der Waals surface area contributed by atoms with Crippen LogP contribution in [-0.4, -0.2) is 14.4 Å². The molecule has 0 saturated carbocycles. The van der Waals surface area contributed by atoms with Gasteiger partial charge < -0.3 is 9.72 Å². The predicted molar refractivity (Wildman–Crippen MR) is 75.1 cm³/mol. The van der Waals surface area contributed by atoms with Gasteiger partial charge in [0.1, 0.15) is 4.60 Å². The van der Waals surface area contributed by atoms with Crippen LogP contribution in [0, 0.1) is 6.92 Å². The van der Waals surface area contributed by atoms with E-state index in [0.29, 0.717) is 0 Å². The van der Waals surface area contributed by atoms with Crippen molar-refractivity contribution in [1.82, 2.24) is 14.4 Å². The summed E-state index contributed by atoms with van der Waals surface area (Å²) in [6, 6.07) is 8.17. The lowest BCUT2D eigenvalue weighted by atomic mass is 10.2. The number of imidazole rings is 1. The summed E-state index contributed by atoms with van der Waals surface area (Å²) in [4.78, 5) is 8.70. The Balaban J connectivity index is 2.03. The number of anilines is 2. The number of rotatable bonds is 2. The quantitative estimate of drug-likeness (QED) is 0.787. The number of fused-ring (bicyclic) bond motifs is 1. The largest absolute Gasteiger partial charge is 0.337 e. The Hall–Kier alpha value is -1.88. The molecule has 3 rings (SSSR count). The topological polar surface area (TPSA) is 42.2 Å². The van der Waals surface area contributed by atoms with Crippen molar-refractivity contribution in [2.24, 2.45) is 0 Å². The van der Waals surface area contributed by atoms with Crippen molar-refractivity contribution in [1.29, 1.82) is 0 Å². The molecule has 0 fully saturated rings. The van der Waals surface area contributed by atoms with Gasteiger partial charge >= 0.3 is 0 Å². The van der Waals surface area contributed by atoms with Gasteiger partial charge in [0.2, 0.25) is 0 Å². The molecular formula is C13H11BrN4. The van der Waals surface area contributed by atoms with Gasteiger partial charge in [-0.05, 0) is 35.0 Å². The minimum absolute atomic E-state index is 0.734. The van der Waals surface area contributed by atoms with Crippen molar-refractivity contribution in [3.05, 3.63) is 53.0 Å². The lowest BCUT2D eigenvalue weighted by molar-refractivity contribution is 1.10. The first kappa shape index (κ1) is 11.2. The highest BCUT2D eigenvalue weighted by atomic mass is 79.9. The molecule has 0 aliphatic carbocycles. The summed E-state index contributed by atoms with van der Waals surface area (Å²) in [5, 5.41) is 3.28. The molecular weight excluding hydrogens is 292 g/mol. The number of aromatic nitrogens is 3. The van der Waals surface area contributed by atoms with Crippen molar-refractivity contribution in [3.8, 4) is 0 Å². The Morgan fingerprint density at radius 2 is 2.00 bits per heavy atom. The molecule has 0 unspecified atom stereocenters. The van der Waals surface area contributed by atoms with Crippen molar-refractivity contribution in [2.75, 3.05) is 5.32 Å². The molecule has 0 radical (unpaired) electrons. The number of nitrogens with one attached hydrogen (secondary N) is 1. The number of hydrogen-bond donors (Lipinski definition) is 1. The Labute approximate surface area is 113 Å². The van der Waals surface area contributed by atoms with E-state index in [1.54, 1.807) is 6.20 Å². The molecule has 0 aliphatic heterocycles. The smallest absolute Gasteiger partial charge is 0.180 e. The number of aryl methyl sites for hydroxylation is 1. The molecule has 18 heavy (non-hydrogen) atoms. The fourth-order valence-electron chi connectivity index (χ4n) is 1.76. The van der Waals surface area contributed by atoms with Gasteiger partial charge in [0.25, 0.3) is 0 Å². The molecule has 0 saturated heterocycles. The first-order chi connectivity index (χ1) is 8.72. The summed E-state index contributed by atoms with van der Waals surface area (Å²) in [5.74, 6) is 0.734. The molecule has 4 nitrogen and oxygen atoms in total. The predicted octanol–water partition coefficient (Wildman–Crippen LogP) is 3.54. The van der Waals surface area contributed by atoms with E-state index in [1.165, 1.54) is 5.56 Å². The van der Waals surface area contributed by atoms with Gasteiger partial charge in [0.05, 0.1) is 0 Å². The summed E-state index contributed by atoms with van der Waals surface area (Å²) in [6.07, 6.45) is 5.52. The standard InChI is InChI=1S/C13H11BrN4/c1-9-2-4-10(5-3-9)16-12-13-15-6-7-18(13)8-11(14)17-12/h2-8H,1H3,(H,16,17). The average molecular weight is 303 g/mol. The van der Waals surface area contributed by atoms with Crippen LogP contribution < -0.4 is 5.32 Å². The molecule has 0 atom stereocenters. The second-order valence-electron chi connectivity index (χ2n) is 4.06. The highest BCUT2D eigenvalue weighted by molar-refractivity contribution is 9.10. The third-order valence-corrected chi connectivity index (χ3v) is 3.04. The van der Waals surface area contributed by atoms with Gasteiger partial charge in [-0.15, -0.1) is 0 Å². The molecule has 2 aromatic heterocycles. The summed E-state index contributed by atoms with van der Waals surface area (Å²) < 4.78 is 2.69. The van der Waals surface area contributed by atoms with Crippen molar-refractivity contribution in [2.45, 2.75) is 6.92 Å². The van der Waals surface area contributed by atoms with Gasteiger partial charge in [-0.25, -0.2) is 9.97 Å². The highest BCUT2D eigenvalue weighted by Crippen LogP contribution is 2.21. The monoisotopic (exact) mass is 302 g/mol. The Morgan fingerprint density at radius 1 is 1.22 bits per heavy atom. The van der Waals surface area contributed by atoms with Gasteiger partial charge in [-0.2, -0.15) is 0 Å². The van der Waals surface area contributed by atoms with E-state index in [0.717, 1.165) is 21.8 Å². The van der Waals surface area contributed by atoms with Crippen molar-refractivity contribution < 1.29 is 0 Å². The van der Waals surface area contributed by atoms with E-state index in [9.17, 15) is 0 Å². The maximum Gasteiger partial charge on any atom is 0.180 e. The van der Waals surface area contributed by atoms with Crippen LogP contribution >= 0.6 is 15.9 Å². The fraction of sp³-hybridized carbons (Fsp3) is 0.0769. The fourth-order valence-corrected chi connectivity index (χ4v) is 2.16. The normalized spacial score (nSPS) is 10.8. The Kier molecular flexibility index (Phi) is 2.76. The second kappa shape index (κ2) is 4.42. The summed E-state index contributed by atoms with van der Waals surface area (Å²) in [6.45, 7) is 2.06. The van der Waals surface area contributed by atoms with E-state index in [4.69, 9.17) is 0 Å². The van der Waals surface area contributed by atoms with Crippen LogP contribution in [0.25, 0.3) is 5.65 Å². The van der Waals surface area contributed by atoms with Crippen LogP contribution in [-0.2, 0) is 0 Å². The molecule has 90 valence electrons. The van der Waals surface area contributed by atoms with E-state index in [-0.39, 0.29) is 0 Å². The molecule has 1 aromatic carbocycles. The van der Waals surface area contributed by atoms with Crippen LogP contribution in [0.1, 0.15) is 5.56 Å². The zero-order valence-corrected chi connectivity index (χ0v) is 11.3. The van der Waals surface area contributed by atoms with Gasteiger partial charge in [0.15, 0.2) is 11.5 Å². The van der Waals surface area contributed by atoms with Crippen LogP contribution in [0.5, 0.6) is 0 Å². The van der Waals surface area contributed by atoms with E-state index in [1.807, 2.05) is 28.9 Å². The zero-order valence-electron chi connectivity index (χ0n) is 9.76. The summed E-state index contributed by atoms with van der Waals surface area (Å²) in [5.41, 5.74) is 3.03. The van der Waals surface area contributed by atoms with Crippen LogP contribution in [0.15, 0.2) is 47.5 Å². The Morgan fingerprint density at radius 3 is 2.78 bits per heavy atom. The Bertz CT molecular complexity index is 688. The average Bonchev–Trinajstić information content (AvgIpc) is 2.80.